The van der Waals surface area contributed by atoms with Crippen molar-refractivity contribution in [2.45, 2.75) is 62.7 Å². The number of alkyl halides is 6. The second kappa shape index (κ2) is 8.37. The van der Waals surface area contributed by atoms with Crippen molar-refractivity contribution in [3.63, 3.8) is 0 Å². The van der Waals surface area contributed by atoms with E-state index in [4.69, 9.17) is 0 Å². The van der Waals surface area contributed by atoms with Gasteiger partial charge in [-0.15, -0.1) is 0 Å². The van der Waals surface area contributed by atoms with Crippen molar-refractivity contribution in [2.75, 3.05) is 0 Å². The highest BCUT2D eigenvalue weighted by Crippen LogP contribution is 2.47. The van der Waals surface area contributed by atoms with Crippen LogP contribution in [0.4, 0.5) is 26.3 Å². The molecule has 0 heterocycles. The molecule has 1 aliphatic carbocycles. The Morgan fingerprint density at radius 2 is 1.85 bits per heavy atom. The second-order valence-corrected chi connectivity index (χ2v) is 6.65. The largest absolute Gasteiger partial charge is 0.435 e. The lowest BCUT2D eigenvalue weighted by atomic mass is 9.74. The molecule has 0 saturated heterocycles. The SMILES string of the molecule is O=C(CC1(O)CC(F)(F)C1)NC(CCC(F)F)c1cccc(OC(F)F)c1. The molecular weight excluding hydrogens is 380 g/mol. The topological polar surface area (TPSA) is 58.6 Å². The third kappa shape index (κ3) is 6.60. The number of amides is 1. The summed E-state index contributed by atoms with van der Waals surface area (Å²) in [6, 6.07) is 4.22. The van der Waals surface area contributed by atoms with E-state index in [9.17, 15) is 36.2 Å². The highest BCUT2D eigenvalue weighted by atomic mass is 19.3. The number of hydrogen-bond donors (Lipinski definition) is 2. The summed E-state index contributed by atoms with van der Waals surface area (Å²) < 4.78 is 79.9. The van der Waals surface area contributed by atoms with E-state index in [2.05, 4.69) is 10.1 Å². The molecular formula is C17H19F6NO3. The Morgan fingerprint density at radius 3 is 2.41 bits per heavy atom. The Balaban J connectivity index is 2.06. The van der Waals surface area contributed by atoms with Crippen molar-refractivity contribution >= 4 is 5.91 Å². The summed E-state index contributed by atoms with van der Waals surface area (Å²) in [6.45, 7) is -3.08. The smallest absolute Gasteiger partial charge is 0.387 e. The van der Waals surface area contributed by atoms with Crippen LogP contribution in [0.2, 0.25) is 0 Å². The summed E-state index contributed by atoms with van der Waals surface area (Å²) in [5.41, 5.74) is -1.60. The van der Waals surface area contributed by atoms with Crippen LogP contribution in [0.5, 0.6) is 5.75 Å². The van der Waals surface area contributed by atoms with Crippen LogP contribution in [0.3, 0.4) is 0 Å². The molecule has 0 bridgehead atoms. The van der Waals surface area contributed by atoms with Gasteiger partial charge in [0.1, 0.15) is 5.75 Å². The number of benzene rings is 1. The molecule has 0 aromatic heterocycles. The summed E-state index contributed by atoms with van der Waals surface area (Å²) in [4.78, 5) is 12.1. The Kier molecular flexibility index (Phi) is 6.61. The third-order valence-corrected chi connectivity index (χ3v) is 4.16. The van der Waals surface area contributed by atoms with E-state index in [1.807, 2.05) is 0 Å². The van der Waals surface area contributed by atoms with E-state index in [1.54, 1.807) is 0 Å². The maximum atomic E-state index is 12.9. The summed E-state index contributed by atoms with van der Waals surface area (Å²) >= 11 is 0. The molecule has 1 saturated carbocycles. The lowest BCUT2D eigenvalue weighted by Gasteiger charge is -2.42. The van der Waals surface area contributed by atoms with Gasteiger partial charge in [-0.05, 0) is 24.1 Å². The molecule has 1 fully saturated rings. The van der Waals surface area contributed by atoms with Gasteiger partial charge in [0.2, 0.25) is 12.3 Å². The first-order valence-corrected chi connectivity index (χ1v) is 8.20. The lowest BCUT2D eigenvalue weighted by molar-refractivity contribution is -0.206. The number of carbonyl (C=O) groups excluding carboxylic acids is 1. The number of hydrogen-bond acceptors (Lipinski definition) is 3. The summed E-state index contributed by atoms with van der Waals surface area (Å²) in [5, 5.41) is 12.3. The van der Waals surface area contributed by atoms with Crippen molar-refractivity contribution in [2.24, 2.45) is 0 Å². The van der Waals surface area contributed by atoms with Gasteiger partial charge in [-0.3, -0.25) is 4.79 Å². The maximum Gasteiger partial charge on any atom is 0.387 e. The number of halogens is 6. The molecule has 0 spiro atoms. The predicted molar refractivity (Wildman–Crippen MR) is 82.9 cm³/mol. The number of ether oxygens (including phenoxy) is 1. The van der Waals surface area contributed by atoms with Gasteiger partial charge in [-0.25, -0.2) is 17.6 Å². The zero-order valence-electron chi connectivity index (χ0n) is 14.1. The van der Waals surface area contributed by atoms with Crippen LogP contribution < -0.4 is 10.1 Å². The van der Waals surface area contributed by atoms with Gasteiger partial charge in [0.15, 0.2) is 0 Å². The zero-order valence-corrected chi connectivity index (χ0v) is 14.1. The van der Waals surface area contributed by atoms with Crippen molar-refractivity contribution < 1.29 is 41.0 Å². The minimum Gasteiger partial charge on any atom is -0.435 e. The molecule has 2 N–H and O–H groups in total. The van der Waals surface area contributed by atoms with Gasteiger partial charge in [0.25, 0.3) is 5.92 Å². The molecule has 4 nitrogen and oxygen atoms in total. The molecule has 1 unspecified atom stereocenters. The van der Waals surface area contributed by atoms with Crippen LogP contribution >= 0.6 is 0 Å². The minimum atomic E-state index is -3.08. The molecule has 1 amide bonds. The van der Waals surface area contributed by atoms with E-state index >= 15 is 0 Å². The van der Waals surface area contributed by atoms with E-state index in [0.29, 0.717) is 0 Å². The van der Waals surface area contributed by atoms with Crippen molar-refractivity contribution in [3.8, 4) is 5.75 Å². The van der Waals surface area contributed by atoms with E-state index in [-0.39, 0.29) is 17.7 Å². The first kappa shape index (κ1) is 21.3. The maximum absolute atomic E-state index is 12.9. The molecule has 0 aliphatic heterocycles. The molecule has 152 valence electrons. The molecule has 0 radical (unpaired) electrons. The van der Waals surface area contributed by atoms with Crippen LogP contribution in [0.1, 0.15) is 43.7 Å². The minimum absolute atomic E-state index is 0.212. The van der Waals surface area contributed by atoms with Crippen molar-refractivity contribution in [3.05, 3.63) is 29.8 Å². The molecule has 1 aromatic carbocycles. The van der Waals surface area contributed by atoms with Crippen LogP contribution in [0, 0.1) is 0 Å². The fraction of sp³-hybridized carbons (Fsp3) is 0.588. The van der Waals surface area contributed by atoms with Crippen LogP contribution in [0.25, 0.3) is 0 Å². The molecule has 1 aromatic rings. The third-order valence-electron chi connectivity index (χ3n) is 4.16. The molecule has 1 atom stereocenters. The highest BCUT2D eigenvalue weighted by Gasteiger charge is 2.56. The van der Waals surface area contributed by atoms with Crippen LogP contribution in [0.15, 0.2) is 24.3 Å². The summed E-state index contributed by atoms with van der Waals surface area (Å²) in [7, 11) is 0. The standard InChI is InChI=1S/C17H19F6NO3/c18-13(19)5-4-12(10-2-1-3-11(6-10)27-15(20)21)24-14(25)7-16(26)8-17(22,23)9-16/h1-3,6,12-13,15,26H,4-5,7-9H2,(H,24,25). The second-order valence-electron chi connectivity index (χ2n) is 6.65. The number of aliphatic hydroxyl groups is 1. The molecule has 27 heavy (non-hydrogen) atoms. The first-order chi connectivity index (χ1) is 12.5. The zero-order chi connectivity index (χ0) is 20.2. The van der Waals surface area contributed by atoms with Gasteiger partial charge in [0, 0.05) is 19.3 Å². The summed E-state index contributed by atoms with van der Waals surface area (Å²) in [6.07, 6.45) is -5.76. The Bertz CT molecular complexity index is 647. The van der Waals surface area contributed by atoms with Crippen LogP contribution in [-0.4, -0.2) is 35.6 Å². The highest BCUT2D eigenvalue weighted by molar-refractivity contribution is 5.77. The normalized spacial score (nSPS) is 18.9. The molecule has 1 aliphatic rings. The number of carbonyl (C=O) groups is 1. The van der Waals surface area contributed by atoms with E-state index in [0.717, 1.165) is 0 Å². The Hall–Kier alpha value is -1.97. The van der Waals surface area contributed by atoms with E-state index in [1.165, 1.54) is 24.3 Å². The fourth-order valence-electron chi connectivity index (χ4n) is 3.10. The van der Waals surface area contributed by atoms with Gasteiger partial charge >= 0.3 is 6.61 Å². The Morgan fingerprint density at radius 1 is 1.19 bits per heavy atom. The van der Waals surface area contributed by atoms with Gasteiger partial charge < -0.3 is 15.2 Å². The average molecular weight is 399 g/mol. The summed E-state index contributed by atoms with van der Waals surface area (Å²) in [5.74, 6) is -4.05. The number of rotatable bonds is 9. The van der Waals surface area contributed by atoms with Crippen LogP contribution in [-0.2, 0) is 4.79 Å². The van der Waals surface area contributed by atoms with Crippen molar-refractivity contribution in [1.82, 2.24) is 5.32 Å². The average Bonchev–Trinajstić information content (AvgIpc) is 2.48. The fourth-order valence-corrected chi connectivity index (χ4v) is 3.10. The Labute approximate surface area is 151 Å². The first-order valence-electron chi connectivity index (χ1n) is 8.20. The number of nitrogens with one attached hydrogen (secondary N) is 1. The quantitative estimate of drug-likeness (QED) is 0.617. The van der Waals surface area contributed by atoms with Gasteiger partial charge in [-0.2, -0.15) is 8.78 Å². The molecule has 10 heteroatoms. The monoisotopic (exact) mass is 399 g/mol. The lowest BCUT2D eigenvalue weighted by Crippen LogP contribution is -2.54. The predicted octanol–water partition coefficient (Wildman–Crippen LogP) is 4.04. The molecule has 2 rings (SSSR count). The van der Waals surface area contributed by atoms with Crippen molar-refractivity contribution in [1.29, 1.82) is 0 Å². The van der Waals surface area contributed by atoms with Gasteiger partial charge in [-0.1, -0.05) is 12.1 Å². The van der Waals surface area contributed by atoms with E-state index < -0.39 is 62.2 Å². The van der Waals surface area contributed by atoms with Gasteiger partial charge in [0.05, 0.1) is 18.1 Å².